The fourth-order valence-electron chi connectivity index (χ4n) is 1.83. The van der Waals surface area contributed by atoms with Gasteiger partial charge in [-0.15, -0.1) is 12.6 Å². The first kappa shape index (κ1) is 15.4. The molecule has 21 heavy (non-hydrogen) atoms. The highest BCUT2D eigenvalue weighted by Gasteiger charge is 2.33. The van der Waals surface area contributed by atoms with Crippen molar-refractivity contribution >= 4 is 24.2 Å². The molecule has 0 aliphatic carbocycles. The molecule has 1 N–H and O–H groups in total. The normalized spacial score (nSPS) is 11.2. The summed E-state index contributed by atoms with van der Waals surface area (Å²) in [6, 6.07) is 11.7. The number of hydrogen-bond donors (Lipinski definition) is 2. The Labute approximate surface area is 125 Å². The molecule has 110 valence electrons. The Morgan fingerprint density at radius 1 is 1.05 bits per heavy atom. The SMILES string of the molecule is O=C(Cc1ccc(S)cc1)Nc1ccccc1C(F)(F)F. The lowest BCUT2D eigenvalue weighted by molar-refractivity contribution is -0.137. The van der Waals surface area contributed by atoms with E-state index in [1.54, 1.807) is 24.3 Å². The molecular weight excluding hydrogens is 299 g/mol. The van der Waals surface area contributed by atoms with E-state index in [9.17, 15) is 18.0 Å². The molecule has 0 aliphatic rings. The van der Waals surface area contributed by atoms with E-state index in [0.29, 0.717) is 5.56 Å². The average molecular weight is 311 g/mol. The van der Waals surface area contributed by atoms with E-state index in [-0.39, 0.29) is 12.1 Å². The molecule has 0 saturated carbocycles. The van der Waals surface area contributed by atoms with Crippen LogP contribution in [0.1, 0.15) is 11.1 Å². The molecule has 0 radical (unpaired) electrons. The van der Waals surface area contributed by atoms with Gasteiger partial charge < -0.3 is 5.32 Å². The molecule has 0 spiro atoms. The van der Waals surface area contributed by atoms with Crippen molar-refractivity contribution in [2.75, 3.05) is 5.32 Å². The first-order chi connectivity index (χ1) is 9.86. The number of alkyl halides is 3. The number of halogens is 3. The van der Waals surface area contributed by atoms with Gasteiger partial charge in [0.25, 0.3) is 0 Å². The van der Waals surface area contributed by atoms with Gasteiger partial charge in [0.2, 0.25) is 5.91 Å². The van der Waals surface area contributed by atoms with Gasteiger partial charge in [0.15, 0.2) is 0 Å². The Morgan fingerprint density at radius 2 is 1.67 bits per heavy atom. The van der Waals surface area contributed by atoms with Crippen LogP contribution in [0.5, 0.6) is 0 Å². The van der Waals surface area contributed by atoms with Crippen LogP contribution in [0, 0.1) is 0 Å². The maximum absolute atomic E-state index is 12.8. The van der Waals surface area contributed by atoms with Crippen molar-refractivity contribution in [2.45, 2.75) is 17.5 Å². The molecule has 0 saturated heterocycles. The van der Waals surface area contributed by atoms with Gasteiger partial charge in [-0.25, -0.2) is 0 Å². The van der Waals surface area contributed by atoms with Crippen LogP contribution in [-0.4, -0.2) is 5.91 Å². The second kappa shape index (κ2) is 6.22. The quantitative estimate of drug-likeness (QED) is 0.818. The minimum atomic E-state index is -4.50. The van der Waals surface area contributed by atoms with Crippen LogP contribution in [0.15, 0.2) is 53.4 Å². The molecule has 6 heteroatoms. The average Bonchev–Trinajstić information content (AvgIpc) is 2.41. The zero-order chi connectivity index (χ0) is 15.5. The lowest BCUT2D eigenvalue weighted by Crippen LogP contribution is -2.18. The van der Waals surface area contributed by atoms with Crippen LogP contribution in [0.4, 0.5) is 18.9 Å². The highest BCUT2D eigenvalue weighted by molar-refractivity contribution is 7.80. The number of hydrogen-bond acceptors (Lipinski definition) is 2. The maximum atomic E-state index is 12.8. The number of amides is 1. The van der Waals surface area contributed by atoms with E-state index in [0.717, 1.165) is 11.0 Å². The van der Waals surface area contributed by atoms with Gasteiger partial charge in [-0.3, -0.25) is 4.79 Å². The number of nitrogens with one attached hydrogen (secondary N) is 1. The molecule has 2 rings (SSSR count). The maximum Gasteiger partial charge on any atom is 0.418 e. The van der Waals surface area contributed by atoms with Gasteiger partial charge in [-0.2, -0.15) is 13.2 Å². The second-order valence-corrected chi connectivity index (χ2v) is 4.95. The number of rotatable bonds is 3. The first-order valence-corrected chi connectivity index (χ1v) is 6.55. The van der Waals surface area contributed by atoms with E-state index in [1.807, 2.05) is 0 Å². The van der Waals surface area contributed by atoms with Gasteiger partial charge in [0.05, 0.1) is 17.7 Å². The monoisotopic (exact) mass is 311 g/mol. The largest absolute Gasteiger partial charge is 0.418 e. The predicted octanol–water partition coefficient (Wildman–Crippen LogP) is 4.18. The van der Waals surface area contributed by atoms with Crippen LogP contribution in [0.2, 0.25) is 0 Å². The van der Waals surface area contributed by atoms with Crippen molar-refractivity contribution in [3.63, 3.8) is 0 Å². The number of carbonyl (C=O) groups is 1. The van der Waals surface area contributed by atoms with E-state index in [4.69, 9.17) is 0 Å². The number of para-hydroxylation sites is 1. The highest BCUT2D eigenvalue weighted by atomic mass is 32.1. The Morgan fingerprint density at radius 3 is 2.29 bits per heavy atom. The van der Waals surface area contributed by atoms with Gasteiger partial charge >= 0.3 is 6.18 Å². The Balaban J connectivity index is 2.11. The lowest BCUT2D eigenvalue weighted by Gasteiger charge is -2.13. The van der Waals surface area contributed by atoms with Crippen LogP contribution >= 0.6 is 12.6 Å². The second-order valence-electron chi connectivity index (χ2n) is 4.43. The molecule has 0 bridgehead atoms. The number of anilines is 1. The Hall–Kier alpha value is -1.95. The standard InChI is InChI=1S/C15H12F3NOS/c16-15(17,18)12-3-1-2-4-13(12)19-14(20)9-10-5-7-11(21)8-6-10/h1-8,21H,9H2,(H,19,20). The summed E-state index contributed by atoms with van der Waals surface area (Å²) in [6.45, 7) is 0. The number of benzene rings is 2. The summed E-state index contributed by atoms with van der Waals surface area (Å²) < 4.78 is 38.4. The van der Waals surface area contributed by atoms with Crippen molar-refractivity contribution in [3.05, 3.63) is 59.7 Å². The minimum absolute atomic E-state index is 0.000247. The van der Waals surface area contributed by atoms with Gasteiger partial charge in [0.1, 0.15) is 0 Å². The fourth-order valence-corrected chi connectivity index (χ4v) is 1.98. The van der Waals surface area contributed by atoms with E-state index < -0.39 is 17.6 Å². The summed E-state index contributed by atoms with van der Waals surface area (Å²) in [5.74, 6) is -0.501. The van der Waals surface area contributed by atoms with Gasteiger partial charge in [0, 0.05) is 4.90 Å². The van der Waals surface area contributed by atoms with Crippen molar-refractivity contribution in [3.8, 4) is 0 Å². The first-order valence-electron chi connectivity index (χ1n) is 6.10. The summed E-state index contributed by atoms with van der Waals surface area (Å²) in [5, 5.41) is 2.30. The molecule has 0 unspecified atom stereocenters. The van der Waals surface area contributed by atoms with E-state index in [1.165, 1.54) is 18.2 Å². The molecule has 0 atom stereocenters. The minimum Gasteiger partial charge on any atom is -0.325 e. The van der Waals surface area contributed by atoms with Gasteiger partial charge in [-0.1, -0.05) is 24.3 Å². The third-order valence-corrected chi connectivity index (χ3v) is 3.11. The molecule has 0 aliphatic heterocycles. The van der Waals surface area contributed by atoms with Gasteiger partial charge in [-0.05, 0) is 29.8 Å². The molecule has 2 aromatic rings. The molecule has 2 nitrogen and oxygen atoms in total. The fraction of sp³-hybridized carbons (Fsp3) is 0.133. The van der Waals surface area contributed by atoms with Crippen molar-refractivity contribution in [2.24, 2.45) is 0 Å². The molecule has 0 heterocycles. The van der Waals surface area contributed by atoms with Crippen LogP contribution in [-0.2, 0) is 17.4 Å². The Kier molecular flexibility index (Phi) is 4.57. The van der Waals surface area contributed by atoms with Crippen LogP contribution in [0.3, 0.4) is 0 Å². The third-order valence-electron chi connectivity index (χ3n) is 2.81. The molecular formula is C15H12F3NOS. The molecule has 0 aromatic heterocycles. The molecule has 1 amide bonds. The van der Waals surface area contributed by atoms with E-state index >= 15 is 0 Å². The third kappa shape index (κ3) is 4.26. The summed E-state index contributed by atoms with van der Waals surface area (Å²) in [4.78, 5) is 12.6. The molecule has 0 fully saturated rings. The van der Waals surface area contributed by atoms with Crippen molar-refractivity contribution < 1.29 is 18.0 Å². The topological polar surface area (TPSA) is 29.1 Å². The number of carbonyl (C=O) groups excluding carboxylic acids is 1. The van der Waals surface area contributed by atoms with Crippen LogP contribution < -0.4 is 5.32 Å². The zero-order valence-electron chi connectivity index (χ0n) is 10.8. The smallest absolute Gasteiger partial charge is 0.325 e. The van der Waals surface area contributed by atoms with Crippen LogP contribution in [0.25, 0.3) is 0 Å². The summed E-state index contributed by atoms with van der Waals surface area (Å²) >= 11 is 4.12. The van der Waals surface area contributed by atoms with E-state index in [2.05, 4.69) is 17.9 Å². The Bertz CT molecular complexity index is 638. The van der Waals surface area contributed by atoms with Crippen molar-refractivity contribution in [1.82, 2.24) is 0 Å². The predicted molar refractivity (Wildman–Crippen MR) is 77.5 cm³/mol. The molecule has 2 aromatic carbocycles. The van der Waals surface area contributed by atoms with Crippen molar-refractivity contribution in [1.29, 1.82) is 0 Å². The summed E-state index contributed by atoms with van der Waals surface area (Å²) in [7, 11) is 0. The summed E-state index contributed by atoms with van der Waals surface area (Å²) in [5.41, 5.74) is -0.389. The number of thiol groups is 1. The highest BCUT2D eigenvalue weighted by Crippen LogP contribution is 2.34. The lowest BCUT2D eigenvalue weighted by atomic mass is 10.1. The summed E-state index contributed by atoms with van der Waals surface area (Å²) in [6.07, 6.45) is -4.50. The zero-order valence-corrected chi connectivity index (χ0v) is 11.7.